The van der Waals surface area contributed by atoms with Gasteiger partial charge in [-0.15, -0.1) is 0 Å². The second-order valence-corrected chi connectivity index (χ2v) is 6.49. The molecule has 0 radical (unpaired) electrons. The van der Waals surface area contributed by atoms with Crippen molar-refractivity contribution in [3.8, 4) is 0 Å². The van der Waals surface area contributed by atoms with Gasteiger partial charge in [0.15, 0.2) is 0 Å². The summed E-state index contributed by atoms with van der Waals surface area (Å²) >= 11 is 5.86. The molecule has 0 amide bonds. The summed E-state index contributed by atoms with van der Waals surface area (Å²) in [6, 6.07) is 4.93. The molecular weight excluding hydrogens is 289 g/mol. The first-order valence-corrected chi connectivity index (χ1v) is 8.35. The van der Waals surface area contributed by atoms with Crippen LogP contribution < -0.4 is 5.73 Å². The van der Waals surface area contributed by atoms with Gasteiger partial charge >= 0.3 is 0 Å². The van der Waals surface area contributed by atoms with Gasteiger partial charge in [-0.3, -0.25) is 0 Å². The Morgan fingerprint density at radius 1 is 1.19 bits per heavy atom. The highest BCUT2D eigenvalue weighted by Crippen LogP contribution is 2.34. The van der Waals surface area contributed by atoms with E-state index in [9.17, 15) is 9.50 Å². The van der Waals surface area contributed by atoms with Gasteiger partial charge < -0.3 is 10.8 Å². The van der Waals surface area contributed by atoms with Gasteiger partial charge in [0, 0.05) is 12.5 Å². The number of hydrogen-bond acceptors (Lipinski definition) is 2. The Labute approximate surface area is 131 Å². The smallest absolute Gasteiger partial charge is 0.145 e. The minimum atomic E-state index is -0.596. The van der Waals surface area contributed by atoms with Crippen molar-refractivity contribution in [1.82, 2.24) is 0 Å². The Balaban J connectivity index is 2.16. The average molecular weight is 314 g/mol. The number of hydrogen-bond donors (Lipinski definition) is 2. The summed E-state index contributed by atoms with van der Waals surface area (Å²) < 4.78 is 14.2. The van der Waals surface area contributed by atoms with Gasteiger partial charge in [0.25, 0.3) is 0 Å². The number of rotatable bonds is 4. The molecule has 2 rings (SSSR count). The van der Waals surface area contributed by atoms with Crippen LogP contribution in [-0.2, 0) is 0 Å². The van der Waals surface area contributed by atoms with E-state index in [2.05, 4.69) is 0 Å². The van der Waals surface area contributed by atoms with Gasteiger partial charge in [-0.1, -0.05) is 55.8 Å². The van der Waals surface area contributed by atoms with Crippen LogP contribution in [0.25, 0.3) is 0 Å². The van der Waals surface area contributed by atoms with Crippen molar-refractivity contribution in [1.29, 1.82) is 0 Å². The minimum Gasteiger partial charge on any atom is -0.392 e. The third kappa shape index (κ3) is 4.18. The molecule has 2 unspecified atom stereocenters. The van der Waals surface area contributed by atoms with Crippen LogP contribution in [0.2, 0.25) is 5.02 Å². The quantitative estimate of drug-likeness (QED) is 0.873. The van der Waals surface area contributed by atoms with Crippen LogP contribution in [0.3, 0.4) is 0 Å². The Hall–Kier alpha value is -0.640. The Morgan fingerprint density at radius 2 is 1.81 bits per heavy atom. The predicted molar refractivity (Wildman–Crippen MR) is 85.0 cm³/mol. The van der Waals surface area contributed by atoms with Crippen molar-refractivity contribution in [2.75, 3.05) is 6.54 Å². The molecule has 3 N–H and O–H groups in total. The summed E-state index contributed by atoms with van der Waals surface area (Å²) in [7, 11) is 0. The van der Waals surface area contributed by atoms with Gasteiger partial charge in [0.2, 0.25) is 0 Å². The van der Waals surface area contributed by atoms with Crippen LogP contribution in [0.1, 0.15) is 56.4 Å². The van der Waals surface area contributed by atoms with Crippen molar-refractivity contribution >= 4 is 11.6 Å². The zero-order chi connectivity index (χ0) is 15.2. The second kappa shape index (κ2) is 8.11. The highest BCUT2D eigenvalue weighted by molar-refractivity contribution is 6.30. The molecule has 0 heterocycles. The lowest BCUT2D eigenvalue weighted by molar-refractivity contribution is 0.0669. The molecule has 0 spiro atoms. The topological polar surface area (TPSA) is 46.2 Å². The molecule has 21 heavy (non-hydrogen) atoms. The van der Waals surface area contributed by atoms with E-state index in [1.54, 1.807) is 12.1 Å². The van der Waals surface area contributed by atoms with E-state index >= 15 is 0 Å². The monoisotopic (exact) mass is 313 g/mol. The van der Waals surface area contributed by atoms with E-state index in [-0.39, 0.29) is 23.4 Å². The maximum absolute atomic E-state index is 14.2. The SMILES string of the molecule is NCC(c1cccc(Cl)c1F)C(O)C1CCCCCCC1. The van der Waals surface area contributed by atoms with Gasteiger partial charge in [-0.05, 0) is 30.4 Å². The van der Waals surface area contributed by atoms with Crippen LogP contribution in [0.4, 0.5) is 4.39 Å². The highest BCUT2D eigenvalue weighted by Gasteiger charge is 2.30. The summed E-state index contributed by atoms with van der Waals surface area (Å²) in [4.78, 5) is 0. The molecule has 2 atom stereocenters. The van der Waals surface area contributed by atoms with Crippen LogP contribution in [0, 0.1) is 11.7 Å². The second-order valence-electron chi connectivity index (χ2n) is 6.08. The average Bonchev–Trinajstić information content (AvgIpc) is 2.43. The fourth-order valence-corrected chi connectivity index (χ4v) is 3.60. The molecule has 118 valence electrons. The van der Waals surface area contributed by atoms with E-state index in [0.29, 0.717) is 5.56 Å². The van der Waals surface area contributed by atoms with Crippen molar-refractivity contribution < 1.29 is 9.50 Å². The number of benzene rings is 1. The lowest BCUT2D eigenvalue weighted by Gasteiger charge is -2.31. The number of aliphatic hydroxyl groups excluding tert-OH is 1. The molecular formula is C17H25ClFNO. The van der Waals surface area contributed by atoms with E-state index in [0.717, 1.165) is 25.7 Å². The lowest BCUT2D eigenvalue weighted by Crippen LogP contribution is -2.33. The Kier molecular flexibility index (Phi) is 6.46. The zero-order valence-electron chi connectivity index (χ0n) is 12.4. The summed E-state index contributed by atoms with van der Waals surface area (Å²) in [5.41, 5.74) is 6.28. The maximum Gasteiger partial charge on any atom is 0.145 e. The first kappa shape index (κ1) is 16.7. The van der Waals surface area contributed by atoms with Crippen molar-refractivity contribution in [2.45, 2.75) is 57.0 Å². The molecule has 0 saturated heterocycles. The molecule has 1 saturated carbocycles. The first-order valence-electron chi connectivity index (χ1n) is 7.97. The van der Waals surface area contributed by atoms with Crippen LogP contribution in [0.5, 0.6) is 0 Å². The highest BCUT2D eigenvalue weighted by atomic mass is 35.5. The van der Waals surface area contributed by atoms with E-state index in [1.165, 1.54) is 25.3 Å². The fourth-order valence-electron chi connectivity index (χ4n) is 3.41. The summed E-state index contributed by atoms with van der Waals surface area (Å²) in [5, 5.41) is 10.8. The largest absolute Gasteiger partial charge is 0.392 e. The van der Waals surface area contributed by atoms with Gasteiger partial charge in [0.05, 0.1) is 11.1 Å². The van der Waals surface area contributed by atoms with Crippen molar-refractivity contribution in [3.63, 3.8) is 0 Å². The summed E-state index contributed by atoms with van der Waals surface area (Å²) in [5.74, 6) is -0.620. The molecule has 1 fully saturated rings. The predicted octanol–water partition coefficient (Wildman–Crippen LogP) is 4.24. The minimum absolute atomic E-state index is 0.0933. The van der Waals surface area contributed by atoms with Crippen LogP contribution in [0.15, 0.2) is 18.2 Å². The van der Waals surface area contributed by atoms with Crippen molar-refractivity contribution in [3.05, 3.63) is 34.6 Å². The Bertz CT molecular complexity index is 446. The zero-order valence-corrected chi connectivity index (χ0v) is 13.2. The first-order chi connectivity index (χ1) is 10.1. The fraction of sp³-hybridized carbons (Fsp3) is 0.647. The third-order valence-corrected chi connectivity index (χ3v) is 4.97. The Morgan fingerprint density at radius 3 is 2.43 bits per heavy atom. The normalized spacial score (nSPS) is 20.6. The number of nitrogens with two attached hydrogens (primary N) is 1. The summed E-state index contributed by atoms with van der Waals surface area (Å²) in [6.45, 7) is 0.231. The third-order valence-electron chi connectivity index (χ3n) is 4.68. The molecule has 0 aromatic heterocycles. The van der Waals surface area contributed by atoms with Gasteiger partial charge in [-0.2, -0.15) is 0 Å². The molecule has 1 aliphatic rings. The molecule has 1 aromatic carbocycles. The molecule has 4 heteroatoms. The van der Waals surface area contributed by atoms with E-state index < -0.39 is 11.9 Å². The maximum atomic E-state index is 14.2. The molecule has 1 aromatic rings. The standard InChI is InChI=1S/C17H25ClFNO/c18-15-10-6-9-13(16(15)19)14(11-20)17(21)12-7-4-2-1-3-5-8-12/h6,9-10,12,14,17,21H,1-5,7-8,11,20H2. The number of aliphatic hydroxyl groups is 1. The van der Waals surface area contributed by atoms with Crippen molar-refractivity contribution in [2.24, 2.45) is 11.7 Å². The number of halogens is 2. The van der Waals surface area contributed by atoms with Crippen LogP contribution >= 0.6 is 11.6 Å². The van der Waals surface area contributed by atoms with E-state index in [1.807, 2.05) is 0 Å². The van der Waals surface area contributed by atoms with Crippen LogP contribution in [-0.4, -0.2) is 17.8 Å². The summed E-state index contributed by atoms with van der Waals surface area (Å²) in [6.07, 6.45) is 7.41. The molecule has 1 aliphatic carbocycles. The molecule has 0 bridgehead atoms. The molecule has 0 aliphatic heterocycles. The lowest BCUT2D eigenvalue weighted by atomic mass is 9.79. The van der Waals surface area contributed by atoms with E-state index in [4.69, 9.17) is 17.3 Å². The van der Waals surface area contributed by atoms with Gasteiger partial charge in [0.1, 0.15) is 5.82 Å². The molecule has 2 nitrogen and oxygen atoms in total. The van der Waals surface area contributed by atoms with Gasteiger partial charge in [-0.25, -0.2) is 4.39 Å².